The number of rotatable bonds is 9. The van der Waals surface area contributed by atoms with Crippen LogP contribution in [0, 0.1) is 56.7 Å². The summed E-state index contributed by atoms with van der Waals surface area (Å²) in [7, 11) is 0. The predicted octanol–water partition coefficient (Wildman–Crippen LogP) is -2.06. The average molecular weight is 975 g/mol. The van der Waals surface area contributed by atoms with Gasteiger partial charge in [-0.15, -0.1) is 0 Å². The lowest BCUT2D eigenvalue weighted by Crippen LogP contribution is -2.73. The molecule has 0 spiro atoms. The number of ether oxygens (including phenoxy) is 6. The SMILES string of the molecule is CC1=CC[C@]2(C(=O)O[C@@H]3O[C@H](CO[C@@H]4O[C@H](CO)[C@@H](O[C@@H]5O[C@@H](C)[C@H](O)[C@@H](O)[C@H]5O)[C@H](O)[C@H]4O)[C@@H](O)[C@H](O)[C@H]3O)CC[C@]3(C)[C@H](CC[C@@H]4[C@]5(C)C[C@H](O)[C@H](O)[C@](C)(CO)[C@@H]5[C@H](O)C[C@@]43C)[C@@H]2[C@@H]1C. The molecule has 0 aromatic heterocycles. The van der Waals surface area contributed by atoms with Crippen molar-refractivity contribution in [2.45, 2.75) is 204 Å². The molecule has 5 aliphatic carbocycles. The third-order valence-corrected chi connectivity index (χ3v) is 19.8. The van der Waals surface area contributed by atoms with Crippen LogP contribution in [0.25, 0.3) is 0 Å². The van der Waals surface area contributed by atoms with E-state index in [-0.39, 0.29) is 36.7 Å². The second kappa shape index (κ2) is 18.8. The lowest BCUT2D eigenvalue weighted by atomic mass is 9.31. The molecule has 8 rings (SSSR count). The van der Waals surface area contributed by atoms with E-state index < -0.39 is 163 Å². The first-order valence-electron chi connectivity index (χ1n) is 24.6. The average Bonchev–Trinajstić information content (AvgIpc) is 3.29. The van der Waals surface area contributed by atoms with Crippen LogP contribution in [-0.2, 0) is 33.2 Å². The van der Waals surface area contributed by atoms with Gasteiger partial charge in [0, 0.05) is 11.3 Å². The van der Waals surface area contributed by atoms with E-state index in [4.69, 9.17) is 28.4 Å². The van der Waals surface area contributed by atoms with Crippen LogP contribution in [0.3, 0.4) is 0 Å². The van der Waals surface area contributed by atoms with Crippen molar-refractivity contribution in [3.8, 4) is 0 Å². The molecule has 3 aliphatic heterocycles. The summed E-state index contributed by atoms with van der Waals surface area (Å²) in [6, 6.07) is 0. The van der Waals surface area contributed by atoms with Crippen molar-refractivity contribution in [1.82, 2.24) is 0 Å². The zero-order chi connectivity index (χ0) is 50.0. The molecule has 0 unspecified atom stereocenters. The molecule has 0 aromatic carbocycles. The molecule has 4 saturated carbocycles. The molecule has 7 fully saturated rings. The Hall–Kier alpha value is -1.51. The normalized spacial score (nSPS) is 57.1. The van der Waals surface area contributed by atoms with E-state index >= 15 is 4.79 Å². The highest BCUT2D eigenvalue weighted by Gasteiger charge is 2.74. The van der Waals surface area contributed by atoms with E-state index in [0.717, 1.165) is 18.4 Å². The van der Waals surface area contributed by atoms with Gasteiger partial charge in [0.15, 0.2) is 12.6 Å². The summed E-state index contributed by atoms with van der Waals surface area (Å²) in [6.07, 6.45) is -22.3. The quantitative estimate of drug-likeness (QED) is 0.0873. The summed E-state index contributed by atoms with van der Waals surface area (Å²) >= 11 is 0. The maximum absolute atomic E-state index is 15.0. The molecule has 68 heavy (non-hydrogen) atoms. The molecule has 28 atom stereocenters. The smallest absolute Gasteiger partial charge is 0.315 e. The third kappa shape index (κ3) is 7.89. The van der Waals surface area contributed by atoms with Gasteiger partial charge in [0.2, 0.25) is 6.29 Å². The van der Waals surface area contributed by atoms with Crippen molar-refractivity contribution >= 4 is 5.97 Å². The molecule has 20 heteroatoms. The number of aliphatic hydroxyl groups excluding tert-OH is 13. The van der Waals surface area contributed by atoms with E-state index in [9.17, 15) is 66.4 Å². The number of allylic oxidation sites excluding steroid dienone is 2. The maximum Gasteiger partial charge on any atom is 0.315 e. The van der Waals surface area contributed by atoms with Crippen molar-refractivity contribution in [2.75, 3.05) is 19.8 Å². The molecule has 3 saturated heterocycles. The second-order valence-electron chi connectivity index (χ2n) is 23.1. The lowest BCUT2D eigenvalue weighted by Gasteiger charge is -2.74. The number of hydrogen-bond donors (Lipinski definition) is 13. The Kier molecular flexibility index (Phi) is 14.6. The topological polar surface area (TPSA) is 335 Å². The van der Waals surface area contributed by atoms with Gasteiger partial charge in [-0.3, -0.25) is 4.79 Å². The van der Waals surface area contributed by atoms with Crippen molar-refractivity contribution < 1.29 is 99.6 Å². The first kappa shape index (κ1) is 52.8. The van der Waals surface area contributed by atoms with Crippen LogP contribution in [0.2, 0.25) is 0 Å². The minimum absolute atomic E-state index is 0.0121. The Bertz CT molecular complexity index is 1860. The van der Waals surface area contributed by atoms with Gasteiger partial charge >= 0.3 is 5.97 Å². The monoisotopic (exact) mass is 975 g/mol. The first-order valence-corrected chi connectivity index (χ1v) is 24.6. The highest BCUT2D eigenvalue weighted by Crippen LogP contribution is 2.77. The molecule has 0 aromatic rings. The van der Waals surface area contributed by atoms with Crippen LogP contribution >= 0.6 is 0 Å². The zero-order valence-electron chi connectivity index (χ0n) is 40.1. The first-order chi connectivity index (χ1) is 31.8. The summed E-state index contributed by atoms with van der Waals surface area (Å²) in [5, 5.41) is 142. The van der Waals surface area contributed by atoms with Crippen molar-refractivity contribution in [3.63, 3.8) is 0 Å². The molecule has 0 radical (unpaired) electrons. The van der Waals surface area contributed by atoms with E-state index in [1.54, 1.807) is 6.92 Å². The molecule has 20 nitrogen and oxygen atoms in total. The maximum atomic E-state index is 15.0. The van der Waals surface area contributed by atoms with Crippen LogP contribution in [0.5, 0.6) is 0 Å². The van der Waals surface area contributed by atoms with Gasteiger partial charge in [-0.2, -0.15) is 0 Å². The van der Waals surface area contributed by atoms with Crippen LogP contribution in [0.4, 0.5) is 0 Å². The van der Waals surface area contributed by atoms with E-state index in [1.807, 2.05) is 13.0 Å². The Morgan fingerprint density at radius 2 is 1.34 bits per heavy atom. The van der Waals surface area contributed by atoms with Crippen molar-refractivity contribution in [1.29, 1.82) is 0 Å². The molecular formula is C48H78O20. The van der Waals surface area contributed by atoms with Gasteiger partial charge < -0.3 is 94.8 Å². The van der Waals surface area contributed by atoms with Gasteiger partial charge in [-0.05, 0) is 98.7 Å². The molecular weight excluding hydrogens is 897 g/mol. The fraction of sp³-hybridized carbons (Fsp3) is 0.938. The predicted molar refractivity (Wildman–Crippen MR) is 233 cm³/mol. The third-order valence-electron chi connectivity index (χ3n) is 19.8. The van der Waals surface area contributed by atoms with Gasteiger partial charge in [0.1, 0.15) is 67.1 Å². The number of hydrogen-bond acceptors (Lipinski definition) is 20. The standard InChI is InChI=1S/C48H78O20/c1-19-10-11-48(13-12-46(6)22(28(48)20(19)2)8-9-27-44(4)14-24(52)39(61)45(5,18-50)38(44)23(51)15-47(27,46)7)43(62)68-42-35(59)32(56)30(54)26(66-42)17-63-40-36(60)33(57)37(25(16-49)65-40)67-41-34(58)31(55)29(53)21(3)64-41/h10,20-42,49-61H,8-9,11-18H2,1-7H3/t20-,21+,22-,23-,24+,25-,26-,27-,28+,29+,30-,31-,32+,33-,34-,35-,36-,37-,38-,39+,40-,41+,42+,44+,45-,46-,47+,48+/m1/s1. The molecule has 8 aliphatic rings. The fourth-order valence-electron chi connectivity index (χ4n) is 15.8. The number of esters is 1. The van der Waals surface area contributed by atoms with Gasteiger partial charge in [-0.25, -0.2) is 0 Å². The Labute approximate surface area is 396 Å². The lowest BCUT2D eigenvalue weighted by molar-refractivity contribution is -0.361. The largest absolute Gasteiger partial charge is 0.432 e. The highest BCUT2D eigenvalue weighted by molar-refractivity contribution is 5.78. The Morgan fingerprint density at radius 3 is 2.00 bits per heavy atom. The van der Waals surface area contributed by atoms with Crippen LogP contribution in [0.1, 0.15) is 93.4 Å². The Morgan fingerprint density at radius 1 is 0.706 bits per heavy atom. The number of aliphatic hydroxyl groups is 13. The van der Waals surface area contributed by atoms with Gasteiger partial charge in [-0.1, -0.05) is 46.3 Å². The summed E-state index contributed by atoms with van der Waals surface area (Å²) in [4.78, 5) is 15.0. The molecule has 0 amide bonds. The Balaban J connectivity index is 0.982. The molecule has 390 valence electrons. The molecule has 0 bridgehead atoms. The van der Waals surface area contributed by atoms with E-state index in [1.165, 1.54) is 6.92 Å². The number of carbonyl (C=O) groups is 1. The number of fused-ring (bicyclic) bond motifs is 7. The van der Waals surface area contributed by atoms with Crippen molar-refractivity contribution in [2.24, 2.45) is 56.7 Å². The molecule has 13 N–H and O–H groups in total. The van der Waals surface area contributed by atoms with E-state index in [0.29, 0.717) is 25.7 Å². The fourth-order valence-corrected chi connectivity index (χ4v) is 15.8. The van der Waals surface area contributed by atoms with E-state index in [2.05, 4.69) is 27.7 Å². The summed E-state index contributed by atoms with van der Waals surface area (Å²) < 4.78 is 34.6. The molecule has 3 heterocycles. The summed E-state index contributed by atoms with van der Waals surface area (Å²) in [5.74, 6) is -1.48. The van der Waals surface area contributed by atoms with Gasteiger partial charge in [0.25, 0.3) is 0 Å². The minimum Gasteiger partial charge on any atom is -0.432 e. The van der Waals surface area contributed by atoms with Crippen molar-refractivity contribution in [3.05, 3.63) is 11.6 Å². The van der Waals surface area contributed by atoms with Crippen LogP contribution < -0.4 is 0 Å². The van der Waals surface area contributed by atoms with Crippen LogP contribution in [0.15, 0.2) is 11.6 Å². The zero-order valence-corrected chi connectivity index (χ0v) is 40.1. The second-order valence-corrected chi connectivity index (χ2v) is 23.1. The van der Waals surface area contributed by atoms with Gasteiger partial charge in [0.05, 0.1) is 49.7 Å². The summed E-state index contributed by atoms with van der Waals surface area (Å²) in [5.41, 5.74) is -2.62. The number of carbonyl (C=O) groups excluding carboxylic acids is 1. The highest BCUT2D eigenvalue weighted by atomic mass is 16.8. The summed E-state index contributed by atoms with van der Waals surface area (Å²) in [6.45, 7) is 12.1. The minimum atomic E-state index is -1.89. The van der Waals surface area contributed by atoms with Crippen LogP contribution in [-0.4, -0.2) is 203 Å².